The van der Waals surface area contributed by atoms with Gasteiger partial charge in [-0.2, -0.15) is 4.31 Å². The Morgan fingerprint density at radius 3 is 2.43 bits per heavy atom. The van der Waals surface area contributed by atoms with E-state index in [-0.39, 0.29) is 47.9 Å². The highest BCUT2D eigenvalue weighted by molar-refractivity contribution is 7.89. The smallest absolute Gasteiger partial charge is 0.253 e. The summed E-state index contributed by atoms with van der Waals surface area (Å²) in [6.07, 6.45) is -0.463. The van der Waals surface area contributed by atoms with Crippen molar-refractivity contribution < 1.29 is 26.7 Å². The summed E-state index contributed by atoms with van der Waals surface area (Å²) in [4.78, 5) is 14.0. The third kappa shape index (κ3) is 4.85. The molecule has 1 aliphatic rings. The fourth-order valence-electron chi connectivity index (χ4n) is 3.46. The van der Waals surface area contributed by atoms with E-state index in [9.17, 15) is 22.0 Å². The van der Waals surface area contributed by atoms with Crippen LogP contribution in [-0.2, 0) is 21.3 Å². The lowest BCUT2D eigenvalue weighted by Crippen LogP contribution is -2.48. The van der Waals surface area contributed by atoms with Gasteiger partial charge < -0.3 is 9.64 Å². The molecule has 1 amide bonds. The zero-order valence-corrected chi connectivity index (χ0v) is 17.8. The molecule has 9 heteroatoms. The van der Waals surface area contributed by atoms with Crippen LogP contribution in [0.15, 0.2) is 47.4 Å². The first-order valence-electron chi connectivity index (χ1n) is 9.53. The summed E-state index contributed by atoms with van der Waals surface area (Å²) in [5, 5.41) is 0. The number of carbonyl (C=O) groups excluding carboxylic acids is 1. The van der Waals surface area contributed by atoms with Crippen molar-refractivity contribution >= 4 is 15.9 Å². The number of rotatable bonds is 5. The van der Waals surface area contributed by atoms with Gasteiger partial charge in [0.05, 0.1) is 17.1 Å². The van der Waals surface area contributed by atoms with Crippen molar-refractivity contribution in [2.45, 2.75) is 37.5 Å². The molecule has 0 radical (unpaired) electrons. The van der Waals surface area contributed by atoms with Crippen LogP contribution >= 0.6 is 0 Å². The van der Waals surface area contributed by atoms with Gasteiger partial charge in [0.15, 0.2) is 0 Å². The Balaban J connectivity index is 1.81. The monoisotopic (exact) mass is 438 g/mol. The van der Waals surface area contributed by atoms with Crippen LogP contribution in [0.25, 0.3) is 0 Å². The van der Waals surface area contributed by atoms with Crippen molar-refractivity contribution in [1.29, 1.82) is 0 Å². The molecule has 2 aromatic carbocycles. The molecule has 2 unspecified atom stereocenters. The Morgan fingerprint density at radius 2 is 1.80 bits per heavy atom. The van der Waals surface area contributed by atoms with Crippen LogP contribution in [0.3, 0.4) is 0 Å². The molecule has 0 aliphatic carbocycles. The molecule has 0 saturated carbocycles. The van der Waals surface area contributed by atoms with E-state index >= 15 is 0 Å². The first-order valence-corrected chi connectivity index (χ1v) is 11.0. The quantitative estimate of drug-likeness (QED) is 0.720. The van der Waals surface area contributed by atoms with E-state index < -0.39 is 27.6 Å². The van der Waals surface area contributed by atoms with Gasteiger partial charge in [0, 0.05) is 43.9 Å². The number of sulfonamides is 1. The molecule has 1 heterocycles. The molecule has 2 atom stereocenters. The largest absolute Gasteiger partial charge is 0.373 e. The SMILES string of the molecule is CC1CN(S(=O)(=O)c2cccc(C(=O)N(C)Cc3ccc(F)cc3F)c2)CC(C)O1. The van der Waals surface area contributed by atoms with Crippen molar-refractivity contribution in [1.82, 2.24) is 9.21 Å². The number of hydrogen-bond acceptors (Lipinski definition) is 4. The Labute approximate surface area is 175 Å². The summed E-state index contributed by atoms with van der Waals surface area (Å²) < 4.78 is 60.0. The maximum absolute atomic E-state index is 13.9. The molecule has 0 aromatic heterocycles. The second-order valence-corrected chi connectivity index (χ2v) is 9.44. The highest BCUT2D eigenvalue weighted by Crippen LogP contribution is 2.22. The van der Waals surface area contributed by atoms with Gasteiger partial charge in [-0.1, -0.05) is 12.1 Å². The van der Waals surface area contributed by atoms with Gasteiger partial charge in [-0.05, 0) is 38.1 Å². The number of ether oxygens (including phenoxy) is 1. The second-order valence-electron chi connectivity index (χ2n) is 7.50. The van der Waals surface area contributed by atoms with Crippen molar-refractivity contribution in [3.8, 4) is 0 Å². The van der Waals surface area contributed by atoms with E-state index in [0.29, 0.717) is 0 Å². The number of morpholine rings is 1. The molecule has 1 saturated heterocycles. The van der Waals surface area contributed by atoms with Gasteiger partial charge in [0.25, 0.3) is 5.91 Å². The van der Waals surface area contributed by atoms with Crippen molar-refractivity contribution in [2.75, 3.05) is 20.1 Å². The zero-order chi connectivity index (χ0) is 22.1. The van der Waals surface area contributed by atoms with Crippen LogP contribution in [0.5, 0.6) is 0 Å². The molecule has 30 heavy (non-hydrogen) atoms. The molecule has 2 aromatic rings. The molecule has 0 N–H and O–H groups in total. The third-order valence-electron chi connectivity index (χ3n) is 4.87. The zero-order valence-electron chi connectivity index (χ0n) is 17.0. The lowest BCUT2D eigenvalue weighted by Gasteiger charge is -2.34. The minimum absolute atomic E-state index is 0.0102. The Morgan fingerprint density at radius 1 is 1.13 bits per heavy atom. The van der Waals surface area contributed by atoms with Gasteiger partial charge in [-0.3, -0.25) is 4.79 Å². The summed E-state index contributed by atoms with van der Waals surface area (Å²) in [5.41, 5.74) is 0.322. The molecular formula is C21H24F2N2O4S. The standard InChI is InChI=1S/C21H24F2N2O4S/c1-14-11-25(12-15(2)29-14)30(27,28)19-6-4-5-16(9-19)21(26)24(3)13-17-7-8-18(22)10-20(17)23/h4-10,14-15H,11-13H2,1-3H3. The van der Waals surface area contributed by atoms with Gasteiger partial charge in [0.1, 0.15) is 11.6 Å². The lowest BCUT2D eigenvalue weighted by molar-refractivity contribution is -0.0440. The van der Waals surface area contributed by atoms with Crippen molar-refractivity contribution in [3.05, 3.63) is 65.2 Å². The number of nitrogens with zero attached hydrogens (tertiary/aromatic N) is 2. The molecule has 0 spiro atoms. The molecule has 3 rings (SSSR count). The van der Waals surface area contributed by atoms with Crippen molar-refractivity contribution in [2.24, 2.45) is 0 Å². The topological polar surface area (TPSA) is 66.9 Å². The highest BCUT2D eigenvalue weighted by Gasteiger charge is 2.32. The van der Waals surface area contributed by atoms with E-state index in [1.54, 1.807) is 0 Å². The van der Waals surface area contributed by atoms with Crippen molar-refractivity contribution in [3.63, 3.8) is 0 Å². The predicted molar refractivity (Wildman–Crippen MR) is 107 cm³/mol. The molecular weight excluding hydrogens is 414 g/mol. The van der Waals surface area contributed by atoms with E-state index in [2.05, 4.69) is 0 Å². The van der Waals surface area contributed by atoms with Crippen LogP contribution in [-0.4, -0.2) is 55.9 Å². The Bertz CT molecular complexity index is 1040. The number of halogens is 2. The molecule has 1 fully saturated rings. The van der Waals surface area contributed by atoms with Crippen LogP contribution in [0, 0.1) is 11.6 Å². The summed E-state index contributed by atoms with van der Waals surface area (Å²) in [7, 11) is -2.33. The fourth-order valence-corrected chi connectivity index (χ4v) is 5.10. The maximum atomic E-state index is 13.9. The number of carbonyl (C=O) groups is 1. The fraction of sp³-hybridized carbons (Fsp3) is 0.381. The Hall–Kier alpha value is -2.36. The average molecular weight is 438 g/mol. The molecule has 1 aliphatic heterocycles. The number of hydrogen-bond donors (Lipinski definition) is 0. The van der Waals surface area contributed by atoms with Gasteiger partial charge in [-0.15, -0.1) is 0 Å². The highest BCUT2D eigenvalue weighted by atomic mass is 32.2. The minimum atomic E-state index is -3.80. The van der Waals surface area contributed by atoms with Gasteiger partial charge >= 0.3 is 0 Å². The van der Waals surface area contributed by atoms with E-state index in [1.165, 1.54) is 46.6 Å². The van der Waals surface area contributed by atoms with Crippen LogP contribution in [0.4, 0.5) is 8.78 Å². The summed E-state index contributed by atoms with van der Waals surface area (Å²) in [6.45, 7) is 3.99. The predicted octanol–water partition coefficient (Wildman–Crippen LogP) is 3.03. The summed E-state index contributed by atoms with van der Waals surface area (Å²) >= 11 is 0. The Kier molecular flexibility index (Phi) is 6.54. The third-order valence-corrected chi connectivity index (χ3v) is 6.70. The minimum Gasteiger partial charge on any atom is -0.373 e. The number of benzene rings is 2. The maximum Gasteiger partial charge on any atom is 0.253 e. The van der Waals surface area contributed by atoms with Crippen LogP contribution < -0.4 is 0 Å². The van der Waals surface area contributed by atoms with E-state index in [0.717, 1.165) is 12.1 Å². The summed E-state index contributed by atoms with van der Waals surface area (Å²) in [5.74, 6) is -1.92. The van der Waals surface area contributed by atoms with Gasteiger partial charge in [0.2, 0.25) is 10.0 Å². The molecule has 6 nitrogen and oxygen atoms in total. The first-order chi connectivity index (χ1) is 14.1. The van der Waals surface area contributed by atoms with Crippen LogP contribution in [0.2, 0.25) is 0 Å². The normalized spacial score (nSPS) is 20.2. The first kappa shape index (κ1) is 22.3. The summed E-state index contributed by atoms with van der Waals surface area (Å²) in [6, 6.07) is 8.91. The second kappa shape index (κ2) is 8.79. The lowest BCUT2D eigenvalue weighted by atomic mass is 10.1. The molecule has 162 valence electrons. The van der Waals surface area contributed by atoms with Gasteiger partial charge in [-0.25, -0.2) is 17.2 Å². The van der Waals surface area contributed by atoms with E-state index in [4.69, 9.17) is 4.74 Å². The molecule has 0 bridgehead atoms. The average Bonchev–Trinajstić information content (AvgIpc) is 2.68. The van der Waals surface area contributed by atoms with E-state index in [1.807, 2.05) is 13.8 Å². The number of amides is 1. The van der Waals surface area contributed by atoms with Crippen LogP contribution in [0.1, 0.15) is 29.8 Å².